The summed E-state index contributed by atoms with van der Waals surface area (Å²) in [5.74, 6) is 1.41. The summed E-state index contributed by atoms with van der Waals surface area (Å²) in [7, 11) is -0.700. The second kappa shape index (κ2) is 8.01. The first kappa shape index (κ1) is 13.9. The van der Waals surface area contributed by atoms with Crippen molar-refractivity contribution in [2.45, 2.75) is 45.1 Å². The zero-order valence-corrected chi connectivity index (χ0v) is 11.6. The molecule has 0 amide bonds. The van der Waals surface area contributed by atoms with Gasteiger partial charge in [-0.3, -0.25) is 4.21 Å². The summed E-state index contributed by atoms with van der Waals surface area (Å²) in [6, 6.07) is 0.547. The lowest BCUT2D eigenvalue weighted by Gasteiger charge is -2.24. The Morgan fingerprint density at radius 1 is 1.38 bits per heavy atom. The van der Waals surface area contributed by atoms with E-state index in [1.165, 1.54) is 32.1 Å². The Morgan fingerprint density at radius 2 is 2.06 bits per heavy atom. The van der Waals surface area contributed by atoms with Crippen LogP contribution in [0, 0.1) is 0 Å². The number of nitrogens with one attached hydrogen (secondary N) is 2. The van der Waals surface area contributed by atoms with E-state index in [0.29, 0.717) is 18.3 Å². The van der Waals surface area contributed by atoms with Crippen LogP contribution in [0.5, 0.6) is 0 Å². The predicted molar refractivity (Wildman–Crippen MR) is 74.2 cm³/mol. The minimum atomic E-state index is -0.700. The van der Waals surface area contributed by atoms with Gasteiger partial charge in [-0.05, 0) is 25.1 Å². The smallest absolute Gasteiger partial charge is 0.166 e. The SMILES string of the molecule is CCS(=O)CCNC(=S)NC1CCCCC1. The second-order valence-corrected chi connectivity index (χ2v) is 6.44. The maximum atomic E-state index is 11.2. The third-order valence-electron chi connectivity index (χ3n) is 2.88. The molecule has 0 saturated heterocycles. The fourth-order valence-corrected chi connectivity index (χ4v) is 2.79. The van der Waals surface area contributed by atoms with Gasteiger partial charge in [0.25, 0.3) is 0 Å². The first-order valence-electron chi connectivity index (χ1n) is 6.11. The topological polar surface area (TPSA) is 41.1 Å². The van der Waals surface area contributed by atoms with Gasteiger partial charge < -0.3 is 10.6 Å². The van der Waals surface area contributed by atoms with Gasteiger partial charge in [0.2, 0.25) is 0 Å². The second-order valence-electron chi connectivity index (χ2n) is 4.17. The van der Waals surface area contributed by atoms with Gasteiger partial charge in [0.15, 0.2) is 5.11 Å². The van der Waals surface area contributed by atoms with Crippen LogP contribution in [0.15, 0.2) is 0 Å². The summed E-state index contributed by atoms with van der Waals surface area (Å²) in [5.41, 5.74) is 0. The Morgan fingerprint density at radius 3 is 2.69 bits per heavy atom. The number of thiocarbonyl (C=S) groups is 1. The average Bonchev–Trinajstić information content (AvgIpc) is 2.30. The van der Waals surface area contributed by atoms with E-state index in [2.05, 4.69) is 10.6 Å². The van der Waals surface area contributed by atoms with Gasteiger partial charge in [-0.1, -0.05) is 26.2 Å². The summed E-state index contributed by atoms with van der Waals surface area (Å²) in [6.45, 7) is 2.65. The van der Waals surface area contributed by atoms with E-state index < -0.39 is 10.8 Å². The lowest BCUT2D eigenvalue weighted by Crippen LogP contribution is -2.43. The molecule has 1 unspecified atom stereocenters. The molecule has 0 aromatic carbocycles. The molecule has 1 rings (SSSR count). The van der Waals surface area contributed by atoms with Crippen LogP contribution in [0.2, 0.25) is 0 Å². The maximum Gasteiger partial charge on any atom is 0.166 e. The average molecular weight is 262 g/mol. The molecule has 3 nitrogen and oxygen atoms in total. The van der Waals surface area contributed by atoms with Crippen molar-refractivity contribution in [3.8, 4) is 0 Å². The summed E-state index contributed by atoms with van der Waals surface area (Å²) >= 11 is 5.20. The van der Waals surface area contributed by atoms with Crippen molar-refractivity contribution < 1.29 is 4.21 Å². The van der Waals surface area contributed by atoms with E-state index in [0.717, 1.165) is 10.9 Å². The van der Waals surface area contributed by atoms with E-state index in [1.807, 2.05) is 6.92 Å². The molecule has 1 fully saturated rings. The number of hydrogen-bond acceptors (Lipinski definition) is 2. The van der Waals surface area contributed by atoms with Crippen molar-refractivity contribution in [2.75, 3.05) is 18.1 Å². The Bertz CT molecular complexity index is 240. The molecule has 1 atom stereocenters. The molecule has 1 aliphatic rings. The minimum absolute atomic E-state index is 0.547. The molecule has 16 heavy (non-hydrogen) atoms. The van der Waals surface area contributed by atoms with Crippen molar-refractivity contribution in [3.63, 3.8) is 0 Å². The number of rotatable bonds is 5. The molecule has 0 aliphatic heterocycles. The van der Waals surface area contributed by atoms with Crippen molar-refractivity contribution in [1.29, 1.82) is 0 Å². The third kappa shape index (κ3) is 5.80. The molecule has 0 heterocycles. The Hall–Kier alpha value is -0.160. The van der Waals surface area contributed by atoms with Crippen molar-refractivity contribution in [2.24, 2.45) is 0 Å². The van der Waals surface area contributed by atoms with Crippen LogP contribution in [-0.2, 0) is 10.8 Å². The lowest BCUT2D eigenvalue weighted by atomic mass is 9.96. The fraction of sp³-hybridized carbons (Fsp3) is 0.909. The van der Waals surface area contributed by atoms with Gasteiger partial charge in [-0.2, -0.15) is 0 Å². The standard InChI is InChI=1S/C11H22N2OS2/c1-2-16(14)9-8-12-11(15)13-10-6-4-3-5-7-10/h10H,2-9H2,1H3,(H2,12,13,15). The zero-order valence-electron chi connectivity index (χ0n) is 9.96. The molecule has 2 N–H and O–H groups in total. The predicted octanol–water partition coefficient (Wildman–Crippen LogP) is 1.55. The normalized spacial score (nSPS) is 19.1. The van der Waals surface area contributed by atoms with Crippen molar-refractivity contribution in [3.05, 3.63) is 0 Å². The highest BCUT2D eigenvalue weighted by molar-refractivity contribution is 7.84. The molecule has 0 aromatic rings. The van der Waals surface area contributed by atoms with Crippen LogP contribution in [0.4, 0.5) is 0 Å². The van der Waals surface area contributed by atoms with Gasteiger partial charge in [0.05, 0.1) is 0 Å². The van der Waals surface area contributed by atoms with Crippen molar-refractivity contribution >= 4 is 28.1 Å². The van der Waals surface area contributed by atoms with Crippen LogP contribution < -0.4 is 10.6 Å². The molecule has 0 aromatic heterocycles. The van der Waals surface area contributed by atoms with E-state index in [4.69, 9.17) is 12.2 Å². The van der Waals surface area contributed by atoms with Gasteiger partial charge in [-0.25, -0.2) is 0 Å². The zero-order chi connectivity index (χ0) is 11.8. The summed E-state index contributed by atoms with van der Waals surface area (Å²) in [4.78, 5) is 0. The highest BCUT2D eigenvalue weighted by atomic mass is 32.2. The highest BCUT2D eigenvalue weighted by Gasteiger charge is 2.13. The van der Waals surface area contributed by atoms with E-state index in [-0.39, 0.29) is 0 Å². The Balaban J connectivity index is 2.08. The van der Waals surface area contributed by atoms with Crippen LogP contribution in [0.25, 0.3) is 0 Å². The molecule has 1 aliphatic carbocycles. The lowest BCUT2D eigenvalue weighted by molar-refractivity contribution is 0.412. The maximum absolute atomic E-state index is 11.2. The molecule has 1 saturated carbocycles. The third-order valence-corrected chi connectivity index (χ3v) is 4.44. The summed E-state index contributed by atoms with van der Waals surface area (Å²) in [5, 5.41) is 7.18. The Labute approximate surface area is 106 Å². The first-order valence-corrected chi connectivity index (χ1v) is 8.01. The largest absolute Gasteiger partial charge is 0.362 e. The van der Waals surface area contributed by atoms with Gasteiger partial charge in [0.1, 0.15) is 0 Å². The molecule has 0 spiro atoms. The van der Waals surface area contributed by atoms with Crippen LogP contribution in [-0.4, -0.2) is 33.4 Å². The summed E-state index contributed by atoms with van der Waals surface area (Å²) in [6.07, 6.45) is 6.42. The monoisotopic (exact) mass is 262 g/mol. The Kier molecular flexibility index (Phi) is 6.96. The molecular formula is C11H22N2OS2. The van der Waals surface area contributed by atoms with Crippen molar-refractivity contribution in [1.82, 2.24) is 10.6 Å². The number of hydrogen-bond donors (Lipinski definition) is 2. The molecular weight excluding hydrogens is 240 g/mol. The first-order chi connectivity index (χ1) is 7.72. The molecule has 5 heteroatoms. The quantitative estimate of drug-likeness (QED) is 0.738. The van der Waals surface area contributed by atoms with Gasteiger partial charge in [-0.15, -0.1) is 0 Å². The van der Waals surface area contributed by atoms with Gasteiger partial charge >= 0.3 is 0 Å². The van der Waals surface area contributed by atoms with Crippen LogP contribution in [0.1, 0.15) is 39.0 Å². The fourth-order valence-electron chi connectivity index (χ4n) is 1.91. The highest BCUT2D eigenvalue weighted by Crippen LogP contribution is 2.17. The van der Waals surface area contributed by atoms with Crippen LogP contribution >= 0.6 is 12.2 Å². The minimum Gasteiger partial charge on any atom is -0.362 e. The van der Waals surface area contributed by atoms with E-state index in [9.17, 15) is 4.21 Å². The van der Waals surface area contributed by atoms with Crippen LogP contribution in [0.3, 0.4) is 0 Å². The van der Waals surface area contributed by atoms with E-state index >= 15 is 0 Å². The molecule has 0 bridgehead atoms. The van der Waals surface area contributed by atoms with E-state index in [1.54, 1.807) is 0 Å². The summed E-state index contributed by atoms with van der Waals surface area (Å²) < 4.78 is 11.2. The van der Waals surface area contributed by atoms with Gasteiger partial charge in [0, 0.05) is 34.9 Å². The molecule has 94 valence electrons. The molecule has 0 radical (unpaired) electrons.